The highest BCUT2D eigenvalue weighted by Gasteiger charge is 2.26. The number of nitrogens with one attached hydrogen (secondary N) is 1. The molecule has 1 aliphatic carbocycles. The number of likely N-dealkylation sites (N-methyl/N-ethyl adjacent to an activating group) is 1. The fourth-order valence-corrected chi connectivity index (χ4v) is 2.98. The molecule has 0 atom stereocenters. The molecule has 7 nitrogen and oxygen atoms in total. The first-order chi connectivity index (χ1) is 13.5. The van der Waals surface area contributed by atoms with E-state index in [2.05, 4.69) is 10.4 Å². The topological polar surface area (TPSA) is 72.2 Å². The van der Waals surface area contributed by atoms with E-state index >= 15 is 0 Å². The lowest BCUT2D eigenvalue weighted by Crippen LogP contribution is -2.39. The number of carbonyl (C=O) groups is 2. The monoisotopic (exact) mass is 381 g/mol. The number of halogens is 1. The average molecular weight is 381 g/mol. The van der Waals surface area contributed by atoms with Crippen LogP contribution in [0.3, 0.4) is 0 Å². The Hall–Kier alpha value is -3.42. The van der Waals surface area contributed by atoms with Crippen LogP contribution in [-0.2, 0) is 4.79 Å². The third-order valence-electron chi connectivity index (χ3n) is 4.56. The molecule has 8 heteroatoms. The Morgan fingerprint density at radius 3 is 2.54 bits per heavy atom. The van der Waals surface area contributed by atoms with Crippen LogP contribution in [0.5, 0.6) is 0 Å². The molecule has 0 unspecified atom stereocenters. The first-order valence-electron chi connectivity index (χ1n) is 9.05. The molecular formula is C20H20FN5O2. The van der Waals surface area contributed by atoms with E-state index in [1.54, 1.807) is 40.8 Å². The molecule has 0 radical (unpaired) electrons. The highest BCUT2D eigenvalue weighted by molar-refractivity contribution is 5.99. The Morgan fingerprint density at radius 1 is 1.21 bits per heavy atom. The number of hydrogen-bond donors (Lipinski definition) is 1. The van der Waals surface area contributed by atoms with E-state index in [9.17, 15) is 14.0 Å². The van der Waals surface area contributed by atoms with Gasteiger partial charge in [-0.15, -0.1) is 0 Å². The number of nitrogens with zero attached hydrogens (tertiary/aromatic N) is 4. The summed E-state index contributed by atoms with van der Waals surface area (Å²) in [6.45, 7) is -0.0256. The summed E-state index contributed by atoms with van der Waals surface area (Å²) in [5.41, 5.74) is 0.973. The van der Waals surface area contributed by atoms with E-state index in [0.29, 0.717) is 17.1 Å². The molecule has 0 spiro atoms. The number of benzene rings is 1. The van der Waals surface area contributed by atoms with Gasteiger partial charge in [-0.25, -0.2) is 9.07 Å². The van der Waals surface area contributed by atoms with Crippen molar-refractivity contribution in [3.63, 3.8) is 0 Å². The largest absolute Gasteiger partial charge is 0.352 e. The minimum absolute atomic E-state index is 0.0256. The third-order valence-corrected chi connectivity index (χ3v) is 4.56. The van der Waals surface area contributed by atoms with Crippen molar-refractivity contribution in [2.24, 2.45) is 0 Å². The van der Waals surface area contributed by atoms with E-state index in [4.69, 9.17) is 0 Å². The Labute approximate surface area is 161 Å². The van der Waals surface area contributed by atoms with E-state index < -0.39 is 0 Å². The van der Waals surface area contributed by atoms with Crippen molar-refractivity contribution in [1.82, 2.24) is 24.6 Å². The van der Waals surface area contributed by atoms with Gasteiger partial charge >= 0.3 is 0 Å². The molecule has 0 saturated heterocycles. The highest BCUT2D eigenvalue weighted by atomic mass is 19.1. The van der Waals surface area contributed by atoms with Crippen molar-refractivity contribution >= 4 is 11.8 Å². The second-order valence-electron chi connectivity index (χ2n) is 6.86. The van der Waals surface area contributed by atoms with Gasteiger partial charge in [0, 0.05) is 25.5 Å². The lowest BCUT2D eigenvalue weighted by Gasteiger charge is -2.17. The van der Waals surface area contributed by atoms with Gasteiger partial charge in [0.1, 0.15) is 11.4 Å². The van der Waals surface area contributed by atoms with Gasteiger partial charge in [0.15, 0.2) is 5.82 Å². The maximum Gasteiger partial charge on any atom is 0.259 e. The molecule has 1 aromatic carbocycles. The molecule has 1 aliphatic rings. The second-order valence-corrected chi connectivity index (χ2v) is 6.86. The summed E-state index contributed by atoms with van der Waals surface area (Å²) in [7, 11) is 1.59. The molecule has 2 heterocycles. The van der Waals surface area contributed by atoms with Crippen LogP contribution in [0.2, 0.25) is 0 Å². The van der Waals surface area contributed by atoms with Crippen molar-refractivity contribution in [2.75, 3.05) is 13.6 Å². The summed E-state index contributed by atoms with van der Waals surface area (Å²) >= 11 is 0. The molecular weight excluding hydrogens is 361 g/mol. The zero-order valence-electron chi connectivity index (χ0n) is 15.4. The minimum Gasteiger partial charge on any atom is -0.352 e. The summed E-state index contributed by atoms with van der Waals surface area (Å²) in [6.07, 6.45) is 7.05. The summed E-state index contributed by atoms with van der Waals surface area (Å²) < 4.78 is 16.6. The van der Waals surface area contributed by atoms with Crippen molar-refractivity contribution in [1.29, 1.82) is 0 Å². The molecule has 144 valence electrons. The smallest absolute Gasteiger partial charge is 0.259 e. The van der Waals surface area contributed by atoms with Crippen molar-refractivity contribution in [3.8, 4) is 11.5 Å². The molecule has 2 aromatic heterocycles. The van der Waals surface area contributed by atoms with Gasteiger partial charge in [-0.2, -0.15) is 5.10 Å². The SMILES string of the molecule is CN(CC(=O)NC1CC1)C(=O)c1cnn(-c2ccc(F)cc2)c1-n1cccc1. The molecule has 1 fully saturated rings. The Kier molecular flexibility index (Phi) is 4.68. The number of hydrogen-bond acceptors (Lipinski definition) is 3. The summed E-state index contributed by atoms with van der Waals surface area (Å²) in [5, 5.41) is 7.21. The number of amides is 2. The van der Waals surface area contributed by atoms with Gasteiger partial charge in [0.2, 0.25) is 5.91 Å². The van der Waals surface area contributed by atoms with Gasteiger partial charge < -0.3 is 14.8 Å². The summed E-state index contributed by atoms with van der Waals surface area (Å²) in [4.78, 5) is 26.4. The predicted molar refractivity (Wildman–Crippen MR) is 101 cm³/mol. The zero-order chi connectivity index (χ0) is 19.7. The van der Waals surface area contributed by atoms with E-state index in [1.807, 2.05) is 12.1 Å². The summed E-state index contributed by atoms with van der Waals surface area (Å²) in [5.74, 6) is -0.318. The van der Waals surface area contributed by atoms with Gasteiger partial charge in [-0.05, 0) is 49.2 Å². The number of carbonyl (C=O) groups excluding carboxylic acids is 2. The Morgan fingerprint density at radius 2 is 1.89 bits per heavy atom. The van der Waals surface area contributed by atoms with Crippen LogP contribution in [0.1, 0.15) is 23.2 Å². The van der Waals surface area contributed by atoms with Crippen LogP contribution in [-0.4, -0.2) is 50.7 Å². The third kappa shape index (κ3) is 3.66. The van der Waals surface area contributed by atoms with Gasteiger partial charge in [-0.1, -0.05) is 0 Å². The molecule has 3 aromatic rings. The first-order valence-corrected chi connectivity index (χ1v) is 9.05. The maximum absolute atomic E-state index is 13.3. The van der Waals surface area contributed by atoms with E-state index in [-0.39, 0.29) is 30.2 Å². The lowest BCUT2D eigenvalue weighted by molar-refractivity contribution is -0.121. The van der Waals surface area contributed by atoms with Crippen molar-refractivity contribution in [3.05, 3.63) is 66.4 Å². The predicted octanol–water partition coefficient (Wildman–Crippen LogP) is 2.15. The average Bonchev–Trinajstić information content (AvgIpc) is 3.16. The molecule has 28 heavy (non-hydrogen) atoms. The van der Waals surface area contributed by atoms with Crippen LogP contribution in [0.25, 0.3) is 11.5 Å². The van der Waals surface area contributed by atoms with Crippen LogP contribution < -0.4 is 5.32 Å². The quantitative estimate of drug-likeness (QED) is 0.711. The van der Waals surface area contributed by atoms with Crippen LogP contribution in [0.4, 0.5) is 4.39 Å². The van der Waals surface area contributed by atoms with Crippen LogP contribution in [0.15, 0.2) is 55.0 Å². The lowest BCUT2D eigenvalue weighted by atomic mass is 10.2. The Bertz CT molecular complexity index is 990. The fraction of sp³-hybridized carbons (Fsp3) is 0.250. The van der Waals surface area contributed by atoms with Gasteiger partial charge in [-0.3, -0.25) is 9.59 Å². The molecule has 0 aliphatic heterocycles. The molecule has 1 saturated carbocycles. The van der Waals surface area contributed by atoms with Crippen molar-refractivity contribution < 1.29 is 14.0 Å². The molecule has 4 rings (SSSR count). The number of aromatic nitrogens is 3. The minimum atomic E-state index is -0.351. The van der Waals surface area contributed by atoms with Crippen LogP contribution >= 0.6 is 0 Å². The summed E-state index contributed by atoms with van der Waals surface area (Å²) in [6, 6.07) is 9.78. The first kappa shape index (κ1) is 18.0. The van der Waals surface area contributed by atoms with Gasteiger partial charge in [0.25, 0.3) is 5.91 Å². The van der Waals surface area contributed by atoms with Gasteiger partial charge in [0.05, 0.1) is 18.4 Å². The maximum atomic E-state index is 13.3. The number of rotatable bonds is 6. The van der Waals surface area contributed by atoms with Crippen LogP contribution in [0, 0.1) is 5.82 Å². The Balaban J connectivity index is 1.65. The molecule has 1 N–H and O–H groups in total. The van der Waals surface area contributed by atoms with Crippen molar-refractivity contribution in [2.45, 2.75) is 18.9 Å². The standard InChI is InChI=1S/C20H20FN5O2/c1-24(13-18(27)23-15-6-7-15)20(28)17-12-22-26(16-8-4-14(21)5-9-16)19(17)25-10-2-3-11-25/h2-5,8-12,15H,6-7,13H2,1H3,(H,23,27). The molecule has 0 bridgehead atoms. The molecule has 2 amide bonds. The fourth-order valence-electron chi connectivity index (χ4n) is 2.98. The second kappa shape index (κ2) is 7.30. The normalized spacial score (nSPS) is 13.4. The highest BCUT2D eigenvalue weighted by Crippen LogP contribution is 2.22. The zero-order valence-corrected chi connectivity index (χ0v) is 15.4. The van der Waals surface area contributed by atoms with E-state index in [1.165, 1.54) is 23.2 Å². The van der Waals surface area contributed by atoms with E-state index in [0.717, 1.165) is 12.8 Å².